The molecule has 0 saturated carbocycles. The molecular weight excluding hydrogens is 176 g/mol. The molecule has 1 aliphatic rings. The van der Waals surface area contributed by atoms with Crippen molar-refractivity contribution in [1.29, 1.82) is 0 Å². The second-order valence-corrected chi connectivity index (χ2v) is 3.49. The lowest BCUT2D eigenvalue weighted by molar-refractivity contribution is -0.117. The number of carbonyl (C=O) groups excluding carboxylic acids is 1. The monoisotopic (exact) mass is 190 g/mol. The summed E-state index contributed by atoms with van der Waals surface area (Å²) < 4.78 is 0. The van der Waals surface area contributed by atoms with Crippen LogP contribution >= 0.6 is 0 Å². The van der Waals surface area contributed by atoms with E-state index < -0.39 is 0 Å². The lowest BCUT2D eigenvalue weighted by Crippen LogP contribution is -2.29. The first-order valence-corrected chi connectivity index (χ1v) is 4.91. The molecule has 0 radical (unpaired) electrons. The minimum Gasteiger partial charge on any atom is -0.330 e. The SMILES string of the molecule is NCCCN1C(=O)Cc2ccccc21. The van der Waals surface area contributed by atoms with Crippen LogP contribution in [0, 0.1) is 0 Å². The molecule has 74 valence electrons. The molecule has 0 unspecified atom stereocenters. The number of fused-ring (bicyclic) bond motifs is 1. The predicted molar refractivity (Wildman–Crippen MR) is 56.2 cm³/mol. The Morgan fingerprint density at radius 2 is 2.14 bits per heavy atom. The van der Waals surface area contributed by atoms with Crippen LogP contribution in [0.3, 0.4) is 0 Å². The van der Waals surface area contributed by atoms with E-state index in [1.165, 1.54) is 0 Å². The maximum Gasteiger partial charge on any atom is 0.231 e. The van der Waals surface area contributed by atoms with Crippen LogP contribution in [-0.4, -0.2) is 19.0 Å². The van der Waals surface area contributed by atoms with Crippen molar-refractivity contribution in [2.75, 3.05) is 18.0 Å². The van der Waals surface area contributed by atoms with Crippen molar-refractivity contribution < 1.29 is 4.79 Å². The van der Waals surface area contributed by atoms with Crippen LogP contribution < -0.4 is 10.6 Å². The summed E-state index contributed by atoms with van der Waals surface area (Å²) in [6.07, 6.45) is 1.40. The number of hydrogen-bond donors (Lipinski definition) is 1. The van der Waals surface area contributed by atoms with Crippen molar-refractivity contribution in [3.63, 3.8) is 0 Å². The van der Waals surface area contributed by atoms with Gasteiger partial charge in [0, 0.05) is 12.2 Å². The van der Waals surface area contributed by atoms with Crippen LogP contribution in [-0.2, 0) is 11.2 Å². The summed E-state index contributed by atoms with van der Waals surface area (Å²) in [5.41, 5.74) is 7.63. The van der Waals surface area contributed by atoms with Crippen molar-refractivity contribution >= 4 is 11.6 Å². The van der Waals surface area contributed by atoms with Crippen LogP contribution in [0.2, 0.25) is 0 Å². The zero-order valence-electron chi connectivity index (χ0n) is 8.07. The molecule has 1 aliphatic heterocycles. The highest BCUT2D eigenvalue weighted by atomic mass is 16.2. The number of carbonyl (C=O) groups is 1. The van der Waals surface area contributed by atoms with Gasteiger partial charge in [0.25, 0.3) is 0 Å². The van der Waals surface area contributed by atoms with Gasteiger partial charge in [-0.15, -0.1) is 0 Å². The van der Waals surface area contributed by atoms with Crippen LogP contribution in [0.4, 0.5) is 5.69 Å². The molecule has 2 N–H and O–H groups in total. The van der Waals surface area contributed by atoms with Gasteiger partial charge < -0.3 is 10.6 Å². The molecule has 1 amide bonds. The molecule has 3 heteroatoms. The largest absolute Gasteiger partial charge is 0.330 e. The van der Waals surface area contributed by atoms with Gasteiger partial charge in [0.05, 0.1) is 6.42 Å². The van der Waals surface area contributed by atoms with Crippen molar-refractivity contribution in [2.45, 2.75) is 12.8 Å². The van der Waals surface area contributed by atoms with Gasteiger partial charge >= 0.3 is 0 Å². The highest BCUT2D eigenvalue weighted by Crippen LogP contribution is 2.28. The number of para-hydroxylation sites is 1. The van der Waals surface area contributed by atoms with Crippen LogP contribution in [0.5, 0.6) is 0 Å². The van der Waals surface area contributed by atoms with Crippen LogP contribution in [0.1, 0.15) is 12.0 Å². The summed E-state index contributed by atoms with van der Waals surface area (Å²) in [6, 6.07) is 7.94. The van der Waals surface area contributed by atoms with E-state index in [0.717, 1.165) is 24.2 Å². The summed E-state index contributed by atoms with van der Waals surface area (Å²) in [5, 5.41) is 0. The van der Waals surface area contributed by atoms with Gasteiger partial charge in [0.15, 0.2) is 0 Å². The predicted octanol–water partition coefficient (Wildman–Crippen LogP) is 0.924. The number of anilines is 1. The second kappa shape index (κ2) is 3.80. The Labute approximate surface area is 83.5 Å². The van der Waals surface area contributed by atoms with E-state index in [1.54, 1.807) is 0 Å². The Morgan fingerprint density at radius 3 is 2.93 bits per heavy atom. The van der Waals surface area contributed by atoms with Crippen molar-refractivity contribution in [2.24, 2.45) is 5.73 Å². The van der Waals surface area contributed by atoms with Crippen LogP contribution in [0.25, 0.3) is 0 Å². The zero-order chi connectivity index (χ0) is 9.97. The molecule has 0 saturated heterocycles. The van der Waals surface area contributed by atoms with Crippen molar-refractivity contribution in [3.05, 3.63) is 29.8 Å². The average Bonchev–Trinajstić information content (AvgIpc) is 2.51. The van der Waals surface area contributed by atoms with E-state index in [1.807, 2.05) is 29.2 Å². The topological polar surface area (TPSA) is 46.3 Å². The Kier molecular flexibility index (Phi) is 2.50. The van der Waals surface area contributed by atoms with Crippen molar-refractivity contribution in [1.82, 2.24) is 0 Å². The van der Waals surface area contributed by atoms with Gasteiger partial charge in [-0.3, -0.25) is 4.79 Å². The van der Waals surface area contributed by atoms with Gasteiger partial charge in [-0.25, -0.2) is 0 Å². The quantitative estimate of drug-likeness (QED) is 0.770. The van der Waals surface area contributed by atoms with E-state index in [2.05, 4.69) is 0 Å². The number of amides is 1. The molecule has 1 aromatic rings. The number of hydrogen-bond acceptors (Lipinski definition) is 2. The Balaban J connectivity index is 2.21. The minimum absolute atomic E-state index is 0.194. The van der Waals surface area contributed by atoms with E-state index in [-0.39, 0.29) is 5.91 Å². The minimum atomic E-state index is 0.194. The molecule has 0 spiro atoms. The van der Waals surface area contributed by atoms with Gasteiger partial charge in [0.1, 0.15) is 0 Å². The molecule has 1 aromatic carbocycles. The highest BCUT2D eigenvalue weighted by Gasteiger charge is 2.25. The molecule has 14 heavy (non-hydrogen) atoms. The maximum atomic E-state index is 11.6. The highest BCUT2D eigenvalue weighted by molar-refractivity contribution is 6.01. The summed E-state index contributed by atoms with van der Waals surface area (Å²) in [5.74, 6) is 0.194. The molecule has 3 nitrogen and oxygen atoms in total. The maximum absolute atomic E-state index is 11.6. The molecule has 2 rings (SSSR count). The zero-order valence-corrected chi connectivity index (χ0v) is 8.07. The molecule has 0 fully saturated rings. The average molecular weight is 190 g/mol. The fourth-order valence-electron chi connectivity index (χ4n) is 1.81. The Hall–Kier alpha value is -1.35. The second-order valence-electron chi connectivity index (χ2n) is 3.49. The van der Waals surface area contributed by atoms with Gasteiger partial charge in [-0.05, 0) is 24.6 Å². The standard InChI is InChI=1S/C11H14N2O/c12-6-3-7-13-10-5-2-1-4-9(10)8-11(13)14/h1-2,4-5H,3,6-8,12H2. The molecule has 0 atom stereocenters. The van der Waals surface area contributed by atoms with Gasteiger partial charge in [0.2, 0.25) is 5.91 Å². The van der Waals surface area contributed by atoms with E-state index >= 15 is 0 Å². The number of nitrogens with two attached hydrogens (primary N) is 1. The third kappa shape index (κ3) is 1.51. The molecule has 0 aromatic heterocycles. The summed E-state index contributed by atoms with van der Waals surface area (Å²) in [7, 11) is 0. The van der Waals surface area contributed by atoms with Gasteiger partial charge in [-0.2, -0.15) is 0 Å². The smallest absolute Gasteiger partial charge is 0.231 e. The summed E-state index contributed by atoms with van der Waals surface area (Å²) in [4.78, 5) is 13.5. The summed E-state index contributed by atoms with van der Waals surface area (Å²) >= 11 is 0. The first-order chi connectivity index (χ1) is 6.83. The molecular formula is C11H14N2O. The van der Waals surface area contributed by atoms with Gasteiger partial charge in [-0.1, -0.05) is 18.2 Å². The van der Waals surface area contributed by atoms with Crippen molar-refractivity contribution in [3.8, 4) is 0 Å². The molecule has 0 bridgehead atoms. The number of nitrogens with zero attached hydrogens (tertiary/aromatic N) is 1. The first-order valence-electron chi connectivity index (χ1n) is 4.91. The lowest BCUT2D eigenvalue weighted by Gasteiger charge is -2.16. The Bertz CT molecular complexity index is 349. The van der Waals surface area contributed by atoms with E-state index in [9.17, 15) is 4.79 Å². The lowest BCUT2D eigenvalue weighted by atomic mass is 10.2. The third-order valence-corrected chi connectivity index (χ3v) is 2.51. The summed E-state index contributed by atoms with van der Waals surface area (Å²) in [6.45, 7) is 1.37. The number of benzene rings is 1. The third-order valence-electron chi connectivity index (χ3n) is 2.51. The number of rotatable bonds is 3. The van der Waals surface area contributed by atoms with Crippen LogP contribution in [0.15, 0.2) is 24.3 Å². The first kappa shape index (κ1) is 9.21. The van der Waals surface area contributed by atoms with E-state index in [0.29, 0.717) is 13.0 Å². The Morgan fingerprint density at radius 1 is 1.36 bits per heavy atom. The molecule has 1 heterocycles. The fraction of sp³-hybridized carbons (Fsp3) is 0.364. The fourth-order valence-corrected chi connectivity index (χ4v) is 1.81. The normalized spacial score (nSPS) is 14.6. The van der Waals surface area contributed by atoms with E-state index in [4.69, 9.17) is 5.73 Å². The molecule has 0 aliphatic carbocycles.